The highest BCUT2D eigenvalue weighted by Gasteiger charge is 2.20. The van der Waals surface area contributed by atoms with Crippen molar-refractivity contribution in [1.29, 1.82) is 0 Å². The van der Waals surface area contributed by atoms with Crippen molar-refractivity contribution in [2.45, 2.75) is 51.3 Å². The second-order valence-electron chi connectivity index (χ2n) is 6.24. The van der Waals surface area contributed by atoms with Crippen molar-refractivity contribution in [3.63, 3.8) is 0 Å². The van der Waals surface area contributed by atoms with E-state index in [1.807, 2.05) is 55.8 Å². The molecule has 148 valence electrons. The summed E-state index contributed by atoms with van der Waals surface area (Å²) in [5.41, 5.74) is 2.18. The molecule has 0 spiro atoms. The number of hydrogen-bond acceptors (Lipinski definition) is 7. The van der Waals surface area contributed by atoms with Crippen molar-refractivity contribution in [3.05, 3.63) is 46.7 Å². The lowest BCUT2D eigenvalue weighted by Gasteiger charge is -2.13. The van der Waals surface area contributed by atoms with Gasteiger partial charge in [-0.2, -0.15) is 0 Å². The number of benzene rings is 1. The smallest absolute Gasteiger partial charge is 0.239 e. The van der Waals surface area contributed by atoms with Crippen LogP contribution in [0.25, 0.3) is 0 Å². The normalized spacial score (nSPS) is 12.0. The summed E-state index contributed by atoms with van der Waals surface area (Å²) in [6, 6.07) is 6.06. The van der Waals surface area contributed by atoms with Gasteiger partial charge in [0.1, 0.15) is 12.4 Å². The van der Waals surface area contributed by atoms with Crippen LogP contribution in [-0.4, -0.2) is 30.9 Å². The Morgan fingerprint density at radius 1 is 1.32 bits per heavy atom. The van der Waals surface area contributed by atoms with Gasteiger partial charge in [-0.1, -0.05) is 30.0 Å². The number of anilines is 1. The molecule has 0 saturated carbocycles. The predicted molar refractivity (Wildman–Crippen MR) is 112 cm³/mol. The zero-order valence-electron chi connectivity index (χ0n) is 16.3. The zero-order chi connectivity index (χ0) is 20.1. The molecule has 0 bridgehead atoms. The highest BCUT2D eigenvalue weighted by atomic mass is 32.2. The fourth-order valence-electron chi connectivity index (χ4n) is 2.70. The van der Waals surface area contributed by atoms with Crippen LogP contribution < -0.4 is 10.1 Å². The van der Waals surface area contributed by atoms with Crippen LogP contribution in [0.4, 0.5) is 5.13 Å². The number of nitrogens with zero attached hydrogens (tertiary/aromatic N) is 4. The average Bonchev–Trinajstić information content (AvgIpc) is 3.31. The molecule has 2 aromatic heterocycles. The molecule has 1 N–H and O–H groups in total. The first-order valence-corrected chi connectivity index (χ1v) is 10.7. The summed E-state index contributed by atoms with van der Waals surface area (Å²) >= 11 is 2.76. The molecular formula is C19H23N5O2S2. The lowest BCUT2D eigenvalue weighted by atomic mass is 10.1. The lowest BCUT2D eigenvalue weighted by molar-refractivity contribution is -0.115. The van der Waals surface area contributed by atoms with E-state index in [-0.39, 0.29) is 11.2 Å². The summed E-state index contributed by atoms with van der Waals surface area (Å²) in [7, 11) is 0. The molecule has 0 aliphatic rings. The maximum atomic E-state index is 12.4. The minimum Gasteiger partial charge on any atom is -0.485 e. The van der Waals surface area contributed by atoms with Gasteiger partial charge in [0.05, 0.1) is 5.25 Å². The predicted octanol–water partition coefficient (Wildman–Crippen LogP) is 4.07. The molecule has 1 amide bonds. The van der Waals surface area contributed by atoms with Gasteiger partial charge in [0.25, 0.3) is 0 Å². The van der Waals surface area contributed by atoms with E-state index < -0.39 is 0 Å². The number of rotatable bonds is 8. The fraction of sp³-hybridized carbons (Fsp3) is 0.368. The van der Waals surface area contributed by atoms with Crippen LogP contribution in [0.5, 0.6) is 5.75 Å². The first kappa shape index (κ1) is 20.3. The minimum absolute atomic E-state index is 0.112. The second-order valence-corrected chi connectivity index (χ2v) is 8.44. The second kappa shape index (κ2) is 9.20. The van der Waals surface area contributed by atoms with Gasteiger partial charge in [-0.15, -0.1) is 21.5 Å². The molecule has 1 aromatic carbocycles. The van der Waals surface area contributed by atoms with Crippen molar-refractivity contribution in [1.82, 2.24) is 19.7 Å². The molecular weight excluding hydrogens is 394 g/mol. The molecule has 1 unspecified atom stereocenters. The van der Waals surface area contributed by atoms with E-state index in [0.717, 1.165) is 22.7 Å². The number of thioether (sulfide) groups is 1. The topological polar surface area (TPSA) is 81.9 Å². The van der Waals surface area contributed by atoms with Crippen LogP contribution in [-0.2, 0) is 17.9 Å². The van der Waals surface area contributed by atoms with E-state index in [9.17, 15) is 4.79 Å². The van der Waals surface area contributed by atoms with Gasteiger partial charge in [0.15, 0.2) is 16.1 Å². The summed E-state index contributed by atoms with van der Waals surface area (Å²) in [6.45, 7) is 8.94. The number of nitrogens with one attached hydrogen (secondary N) is 1. The Labute approximate surface area is 172 Å². The number of hydrogen-bond donors (Lipinski definition) is 1. The SMILES string of the molecule is CCn1c(COc2c(C)cccc2C)nnc1SC(C)C(=O)Nc1nccs1. The highest BCUT2D eigenvalue weighted by molar-refractivity contribution is 8.00. The molecule has 0 aliphatic carbocycles. The third kappa shape index (κ3) is 4.71. The molecule has 3 aromatic rings. The van der Waals surface area contributed by atoms with Crippen molar-refractivity contribution in [2.75, 3.05) is 5.32 Å². The fourth-order valence-corrected chi connectivity index (χ4v) is 4.16. The molecule has 1 atom stereocenters. The number of thiazole rings is 1. The number of ether oxygens (including phenoxy) is 1. The number of carbonyl (C=O) groups excluding carboxylic acids is 1. The van der Waals surface area contributed by atoms with Gasteiger partial charge in [-0.05, 0) is 38.8 Å². The molecule has 9 heteroatoms. The number of carbonyl (C=O) groups is 1. The summed E-state index contributed by atoms with van der Waals surface area (Å²) in [5, 5.41) is 14.1. The number of amides is 1. The van der Waals surface area contributed by atoms with Crippen molar-refractivity contribution in [2.24, 2.45) is 0 Å². The Bertz CT molecular complexity index is 920. The van der Waals surface area contributed by atoms with Gasteiger partial charge in [-0.25, -0.2) is 4.98 Å². The summed E-state index contributed by atoms with van der Waals surface area (Å²) in [6.07, 6.45) is 1.66. The van der Waals surface area contributed by atoms with Crippen LogP contribution in [0.3, 0.4) is 0 Å². The summed E-state index contributed by atoms with van der Waals surface area (Å²) < 4.78 is 7.99. The van der Waals surface area contributed by atoms with Gasteiger partial charge in [-0.3, -0.25) is 4.79 Å². The molecule has 0 radical (unpaired) electrons. The van der Waals surface area contributed by atoms with Crippen molar-refractivity contribution < 1.29 is 9.53 Å². The van der Waals surface area contributed by atoms with Crippen molar-refractivity contribution in [3.8, 4) is 5.75 Å². The maximum absolute atomic E-state index is 12.4. The minimum atomic E-state index is -0.328. The lowest BCUT2D eigenvalue weighted by Crippen LogP contribution is -2.23. The molecule has 7 nitrogen and oxygen atoms in total. The van der Waals surface area contributed by atoms with Gasteiger partial charge in [0.2, 0.25) is 5.91 Å². The quantitative estimate of drug-likeness (QED) is 0.557. The molecule has 28 heavy (non-hydrogen) atoms. The maximum Gasteiger partial charge on any atom is 0.239 e. The largest absolute Gasteiger partial charge is 0.485 e. The van der Waals surface area contributed by atoms with E-state index >= 15 is 0 Å². The van der Waals surface area contributed by atoms with Gasteiger partial charge < -0.3 is 14.6 Å². The first-order valence-electron chi connectivity index (χ1n) is 8.97. The number of aromatic nitrogens is 4. The monoisotopic (exact) mass is 417 g/mol. The average molecular weight is 418 g/mol. The first-order chi connectivity index (χ1) is 13.5. The van der Waals surface area contributed by atoms with Crippen LogP contribution in [0.15, 0.2) is 34.9 Å². The number of aryl methyl sites for hydroxylation is 2. The standard InChI is InChI=1S/C19H23N5O2S2/c1-5-24-15(11-26-16-12(2)7-6-8-13(16)3)22-23-19(24)28-14(4)17(25)21-18-20-9-10-27-18/h6-10,14H,5,11H2,1-4H3,(H,20,21,25). The van der Waals surface area contributed by atoms with Crippen LogP contribution in [0.1, 0.15) is 30.8 Å². The van der Waals surface area contributed by atoms with E-state index in [1.165, 1.54) is 23.1 Å². The molecule has 0 saturated heterocycles. The Hall–Kier alpha value is -2.39. The van der Waals surface area contributed by atoms with Gasteiger partial charge >= 0.3 is 0 Å². The van der Waals surface area contributed by atoms with Crippen LogP contribution >= 0.6 is 23.1 Å². The Balaban J connectivity index is 1.67. The molecule has 3 rings (SSSR count). The van der Waals surface area contributed by atoms with Crippen LogP contribution in [0.2, 0.25) is 0 Å². The summed E-state index contributed by atoms with van der Waals surface area (Å²) in [4.78, 5) is 16.4. The third-order valence-electron chi connectivity index (χ3n) is 4.18. The molecule has 0 fully saturated rings. The molecule has 0 aliphatic heterocycles. The Kier molecular flexibility index (Phi) is 6.69. The van der Waals surface area contributed by atoms with E-state index in [1.54, 1.807) is 6.20 Å². The van der Waals surface area contributed by atoms with Gasteiger partial charge in [0, 0.05) is 18.1 Å². The molecule has 2 heterocycles. The van der Waals surface area contributed by atoms with Crippen LogP contribution in [0, 0.1) is 13.8 Å². The third-order valence-corrected chi connectivity index (χ3v) is 5.95. The Morgan fingerprint density at radius 3 is 2.71 bits per heavy atom. The van der Waals surface area contributed by atoms with E-state index in [0.29, 0.717) is 23.4 Å². The van der Waals surface area contributed by atoms with Crippen molar-refractivity contribution >= 4 is 34.1 Å². The number of para-hydroxylation sites is 1. The Morgan fingerprint density at radius 2 is 2.07 bits per heavy atom. The zero-order valence-corrected chi connectivity index (χ0v) is 17.9. The van der Waals surface area contributed by atoms with E-state index in [4.69, 9.17) is 4.74 Å². The summed E-state index contributed by atoms with van der Waals surface area (Å²) in [5.74, 6) is 1.50. The highest BCUT2D eigenvalue weighted by Crippen LogP contribution is 2.26. The van der Waals surface area contributed by atoms with E-state index in [2.05, 4.69) is 20.5 Å².